The van der Waals surface area contributed by atoms with Gasteiger partial charge in [0.1, 0.15) is 5.60 Å². The molecule has 0 radical (unpaired) electrons. The summed E-state index contributed by atoms with van der Waals surface area (Å²) in [5, 5.41) is 12.4. The number of terminal acetylenes is 1. The highest BCUT2D eigenvalue weighted by Gasteiger charge is 2.25. The lowest BCUT2D eigenvalue weighted by Crippen LogP contribution is -2.44. The van der Waals surface area contributed by atoms with E-state index >= 15 is 0 Å². The van der Waals surface area contributed by atoms with E-state index in [1.54, 1.807) is 0 Å². The van der Waals surface area contributed by atoms with Gasteiger partial charge in [0.2, 0.25) is 0 Å². The van der Waals surface area contributed by atoms with E-state index in [0.29, 0.717) is 6.54 Å². The number of aliphatic hydroxyl groups is 1. The van der Waals surface area contributed by atoms with Crippen molar-refractivity contribution < 1.29 is 5.11 Å². The summed E-state index contributed by atoms with van der Waals surface area (Å²) in [6.07, 6.45) is 6.80. The molecule has 0 saturated carbocycles. The summed E-state index contributed by atoms with van der Waals surface area (Å²) in [5.41, 5.74) is -0.863. The molecular weight excluding hydrogens is 114 g/mol. The van der Waals surface area contributed by atoms with E-state index in [4.69, 9.17) is 6.42 Å². The Bertz CT molecular complexity index is 130. The zero-order chi connectivity index (χ0) is 6.74. The first kappa shape index (κ1) is 6.60. The van der Waals surface area contributed by atoms with Crippen molar-refractivity contribution in [1.82, 2.24) is 5.32 Å². The van der Waals surface area contributed by atoms with Gasteiger partial charge in [-0.15, -0.1) is 6.42 Å². The third-order valence-electron chi connectivity index (χ3n) is 1.63. The minimum Gasteiger partial charge on any atom is -0.376 e. The molecular formula is C7H11NO. The van der Waals surface area contributed by atoms with Crippen LogP contribution in [0.3, 0.4) is 0 Å². The molecule has 1 unspecified atom stereocenters. The summed E-state index contributed by atoms with van der Waals surface area (Å²) in [5.74, 6) is 2.37. The number of piperidine rings is 1. The van der Waals surface area contributed by atoms with Crippen LogP contribution in [0.25, 0.3) is 0 Å². The molecule has 1 heterocycles. The molecule has 0 aromatic carbocycles. The van der Waals surface area contributed by atoms with Crippen LogP contribution in [0.15, 0.2) is 0 Å². The maximum Gasteiger partial charge on any atom is 0.137 e. The van der Waals surface area contributed by atoms with Gasteiger partial charge >= 0.3 is 0 Å². The Kier molecular flexibility index (Phi) is 1.75. The zero-order valence-electron chi connectivity index (χ0n) is 5.35. The first-order valence-corrected chi connectivity index (χ1v) is 3.18. The van der Waals surface area contributed by atoms with E-state index in [0.717, 1.165) is 19.4 Å². The molecule has 50 valence electrons. The molecule has 0 amide bonds. The standard InChI is InChI=1S/C7H11NO/c1-2-7(9)4-3-5-8-6-7/h1,8-9H,3-6H2. The number of hydrogen-bond acceptors (Lipinski definition) is 2. The molecule has 2 N–H and O–H groups in total. The van der Waals surface area contributed by atoms with Crippen LogP contribution >= 0.6 is 0 Å². The fraction of sp³-hybridized carbons (Fsp3) is 0.714. The summed E-state index contributed by atoms with van der Waals surface area (Å²) in [7, 11) is 0. The van der Waals surface area contributed by atoms with Crippen molar-refractivity contribution in [2.45, 2.75) is 18.4 Å². The Labute approximate surface area is 55.3 Å². The molecule has 1 atom stereocenters. The summed E-state index contributed by atoms with van der Waals surface area (Å²) in [6, 6.07) is 0. The minimum atomic E-state index is -0.863. The monoisotopic (exact) mass is 125 g/mol. The largest absolute Gasteiger partial charge is 0.376 e. The highest BCUT2D eigenvalue weighted by molar-refractivity contribution is 5.09. The van der Waals surface area contributed by atoms with Crippen LogP contribution in [-0.2, 0) is 0 Å². The van der Waals surface area contributed by atoms with Crippen molar-refractivity contribution in [3.8, 4) is 12.3 Å². The molecule has 1 aliphatic heterocycles. The van der Waals surface area contributed by atoms with Gasteiger partial charge < -0.3 is 10.4 Å². The average Bonchev–Trinajstić information content (AvgIpc) is 1.90. The molecule has 0 spiro atoms. The maximum absolute atomic E-state index is 9.38. The molecule has 0 aliphatic carbocycles. The molecule has 1 fully saturated rings. The van der Waals surface area contributed by atoms with Gasteiger partial charge in [0.25, 0.3) is 0 Å². The number of β-amino-alcohol motifs (C(OH)–C–C–N with tert-alkyl or cyclic N) is 1. The van der Waals surface area contributed by atoms with Crippen molar-refractivity contribution in [2.75, 3.05) is 13.1 Å². The molecule has 9 heavy (non-hydrogen) atoms. The lowest BCUT2D eigenvalue weighted by Gasteiger charge is -2.27. The highest BCUT2D eigenvalue weighted by atomic mass is 16.3. The van der Waals surface area contributed by atoms with E-state index in [1.165, 1.54) is 0 Å². The van der Waals surface area contributed by atoms with Crippen LogP contribution in [0.2, 0.25) is 0 Å². The third-order valence-corrected chi connectivity index (χ3v) is 1.63. The molecule has 0 aromatic heterocycles. The predicted molar refractivity (Wildman–Crippen MR) is 35.9 cm³/mol. The van der Waals surface area contributed by atoms with Crippen molar-refractivity contribution in [3.05, 3.63) is 0 Å². The minimum absolute atomic E-state index is 0.545. The Morgan fingerprint density at radius 2 is 2.44 bits per heavy atom. The molecule has 2 heteroatoms. The Balaban J connectivity index is 2.49. The molecule has 1 aliphatic rings. The molecule has 2 nitrogen and oxygen atoms in total. The fourth-order valence-corrected chi connectivity index (χ4v) is 1.01. The topological polar surface area (TPSA) is 32.3 Å². The second-order valence-electron chi connectivity index (χ2n) is 2.46. The third kappa shape index (κ3) is 1.44. The first-order chi connectivity index (χ1) is 4.27. The number of hydrogen-bond donors (Lipinski definition) is 2. The van der Waals surface area contributed by atoms with Gasteiger partial charge in [0.15, 0.2) is 0 Å². The van der Waals surface area contributed by atoms with Crippen LogP contribution in [0, 0.1) is 12.3 Å². The normalized spacial score (nSPS) is 35.6. The van der Waals surface area contributed by atoms with Crippen LogP contribution < -0.4 is 5.32 Å². The Hall–Kier alpha value is -0.520. The molecule has 0 bridgehead atoms. The van der Waals surface area contributed by atoms with Crippen LogP contribution in [0.1, 0.15) is 12.8 Å². The first-order valence-electron chi connectivity index (χ1n) is 3.18. The van der Waals surface area contributed by atoms with Crippen LogP contribution in [0.5, 0.6) is 0 Å². The lowest BCUT2D eigenvalue weighted by atomic mass is 9.96. The zero-order valence-corrected chi connectivity index (χ0v) is 5.35. The Morgan fingerprint density at radius 3 is 2.78 bits per heavy atom. The van der Waals surface area contributed by atoms with Gasteiger partial charge in [-0.3, -0.25) is 0 Å². The summed E-state index contributed by atoms with van der Waals surface area (Å²) in [4.78, 5) is 0. The van der Waals surface area contributed by atoms with E-state index in [9.17, 15) is 5.11 Å². The lowest BCUT2D eigenvalue weighted by molar-refractivity contribution is 0.0738. The average molecular weight is 125 g/mol. The van der Waals surface area contributed by atoms with E-state index in [2.05, 4.69) is 11.2 Å². The Morgan fingerprint density at radius 1 is 1.67 bits per heavy atom. The van der Waals surface area contributed by atoms with Crippen molar-refractivity contribution in [1.29, 1.82) is 0 Å². The van der Waals surface area contributed by atoms with Gasteiger partial charge in [-0.2, -0.15) is 0 Å². The molecule has 0 aromatic rings. The summed E-state index contributed by atoms with van der Waals surface area (Å²) >= 11 is 0. The van der Waals surface area contributed by atoms with Crippen LogP contribution in [0.4, 0.5) is 0 Å². The van der Waals surface area contributed by atoms with Crippen molar-refractivity contribution in [2.24, 2.45) is 0 Å². The van der Waals surface area contributed by atoms with Gasteiger partial charge in [0.05, 0.1) is 0 Å². The quantitative estimate of drug-likeness (QED) is 0.437. The second-order valence-corrected chi connectivity index (χ2v) is 2.46. The van der Waals surface area contributed by atoms with E-state index < -0.39 is 5.60 Å². The van der Waals surface area contributed by atoms with Gasteiger partial charge in [0, 0.05) is 6.54 Å². The number of rotatable bonds is 0. The van der Waals surface area contributed by atoms with E-state index in [1.807, 2.05) is 0 Å². The summed E-state index contributed by atoms with van der Waals surface area (Å²) < 4.78 is 0. The second kappa shape index (κ2) is 2.38. The molecule has 1 rings (SSSR count). The molecule has 1 saturated heterocycles. The predicted octanol–water partition coefficient (Wildman–Crippen LogP) is -0.266. The van der Waals surface area contributed by atoms with E-state index in [-0.39, 0.29) is 0 Å². The van der Waals surface area contributed by atoms with Crippen molar-refractivity contribution in [3.63, 3.8) is 0 Å². The van der Waals surface area contributed by atoms with Crippen molar-refractivity contribution >= 4 is 0 Å². The fourth-order valence-electron chi connectivity index (χ4n) is 1.01. The SMILES string of the molecule is C#CC1(O)CCCNC1. The highest BCUT2D eigenvalue weighted by Crippen LogP contribution is 2.13. The van der Waals surface area contributed by atoms with Gasteiger partial charge in [-0.25, -0.2) is 0 Å². The smallest absolute Gasteiger partial charge is 0.137 e. The maximum atomic E-state index is 9.38. The summed E-state index contributed by atoms with van der Waals surface area (Å²) in [6.45, 7) is 1.52. The van der Waals surface area contributed by atoms with Gasteiger partial charge in [-0.1, -0.05) is 5.92 Å². The van der Waals surface area contributed by atoms with Crippen LogP contribution in [-0.4, -0.2) is 23.8 Å². The number of nitrogens with one attached hydrogen (secondary N) is 1. The van der Waals surface area contributed by atoms with Gasteiger partial charge in [-0.05, 0) is 19.4 Å².